The van der Waals surface area contributed by atoms with Gasteiger partial charge in [0.05, 0.1) is 17.7 Å². The summed E-state index contributed by atoms with van der Waals surface area (Å²) < 4.78 is 13.3. The zero-order valence-electron chi connectivity index (χ0n) is 14.6. The molecule has 8 heteroatoms. The number of amides is 1. The van der Waals surface area contributed by atoms with Gasteiger partial charge in [-0.25, -0.2) is 0 Å². The fourth-order valence-electron chi connectivity index (χ4n) is 3.79. The molecular weight excluding hydrogens is 322 g/mol. The first-order valence-electron chi connectivity index (χ1n) is 8.77. The number of nitrogens with zero attached hydrogens (tertiary/aromatic N) is 5. The average molecular weight is 345 g/mol. The van der Waals surface area contributed by atoms with Crippen molar-refractivity contribution in [3.63, 3.8) is 0 Å². The highest BCUT2D eigenvalue weighted by Crippen LogP contribution is 2.44. The lowest BCUT2D eigenvalue weighted by atomic mass is 9.88. The van der Waals surface area contributed by atoms with Crippen molar-refractivity contribution in [2.24, 2.45) is 7.05 Å². The van der Waals surface area contributed by atoms with Crippen LogP contribution in [-0.4, -0.2) is 49.4 Å². The Morgan fingerprint density at radius 2 is 2.16 bits per heavy atom. The fraction of sp³-hybridized carbons (Fsp3) is 0.647. The topological polar surface area (TPSA) is 86.3 Å². The van der Waals surface area contributed by atoms with Crippen molar-refractivity contribution in [2.75, 3.05) is 13.1 Å². The lowest BCUT2D eigenvalue weighted by molar-refractivity contribution is -0.137. The van der Waals surface area contributed by atoms with E-state index in [2.05, 4.69) is 15.2 Å². The van der Waals surface area contributed by atoms with Gasteiger partial charge in [-0.3, -0.25) is 9.48 Å². The van der Waals surface area contributed by atoms with E-state index in [-0.39, 0.29) is 17.6 Å². The van der Waals surface area contributed by atoms with E-state index in [1.165, 1.54) is 0 Å². The van der Waals surface area contributed by atoms with E-state index >= 15 is 0 Å². The van der Waals surface area contributed by atoms with Gasteiger partial charge in [-0.15, -0.1) is 0 Å². The number of aromatic nitrogens is 4. The number of carbonyl (C=O) groups excluding carboxylic acids is 1. The molecule has 8 nitrogen and oxygen atoms in total. The number of piperidine rings is 1. The van der Waals surface area contributed by atoms with Crippen molar-refractivity contribution in [3.05, 3.63) is 29.7 Å². The molecule has 1 spiro atoms. The molecule has 0 N–H and O–H groups in total. The van der Waals surface area contributed by atoms with Crippen LogP contribution in [0.25, 0.3) is 0 Å². The van der Waals surface area contributed by atoms with E-state index in [1.807, 2.05) is 31.1 Å². The van der Waals surface area contributed by atoms with Crippen LogP contribution in [0, 0.1) is 6.92 Å². The predicted molar refractivity (Wildman–Crippen MR) is 87.6 cm³/mol. The van der Waals surface area contributed by atoms with Gasteiger partial charge >= 0.3 is 0 Å². The van der Waals surface area contributed by atoms with Crippen LogP contribution in [0.2, 0.25) is 0 Å². The Morgan fingerprint density at radius 3 is 2.80 bits per heavy atom. The second-order valence-electron chi connectivity index (χ2n) is 7.05. The molecule has 2 saturated heterocycles. The quantitative estimate of drug-likeness (QED) is 0.839. The molecule has 0 radical (unpaired) electrons. The Bertz CT molecular complexity index is 760. The molecule has 2 fully saturated rings. The summed E-state index contributed by atoms with van der Waals surface area (Å²) >= 11 is 0. The number of carbonyl (C=O) groups is 1. The van der Waals surface area contributed by atoms with Crippen molar-refractivity contribution in [1.82, 2.24) is 24.8 Å². The van der Waals surface area contributed by atoms with Gasteiger partial charge in [0.2, 0.25) is 5.91 Å². The van der Waals surface area contributed by atoms with E-state index in [0.717, 1.165) is 44.5 Å². The largest absolute Gasteiger partial charge is 0.362 e. The third-order valence-electron chi connectivity index (χ3n) is 5.20. The molecule has 0 bridgehead atoms. The van der Waals surface area contributed by atoms with Crippen LogP contribution >= 0.6 is 0 Å². The van der Waals surface area contributed by atoms with Crippen molar-refractivity contribution in [1.29, 1.82) is 0 Å². The summed E-state index contributed by atoms with van der Waals surface area (Å²) in [6.45, 7) is 3.26. The molecular formula is C17H23N5O3. The van der Waals surface area contributed by atoms with Crippen LogP contribution in [0.5, 0.6) is 0 Å². The monoisotopic (exact) mass is 345 g/mol. The Hall–Kier alpha value is -2.22. The standard InChI is InChI=1S/C17H23N5O3/c1-12-18-16(25-20-12)14-3-5-17(24-14)6-9-22(10-7-17)15(23)11-13-4-8-21(2)19-13/h4,8,14H,3,5-7,9-11H2,1-2H3/t14-/m0/s1. The molecule has 2 aromatic rings. The zero-order valence-corrected chi connectivity index (χ0v) is 14.6. The highest BCUT2D eigenvalue weighted by atomic mass is 16.5. The van der Waals surface area contributed by atoms with Crippen molar-refractivity contribution in [3.8, 4) is 0 Å². The zero-order chi connectivity index (χ0) is 17.4. The fourth-order valence-corrected chi connectivity index (χ4v) is 3.79. The number of aryl methyl sites for hydroxylation is 2. The molecule has 4 heterocycles. The smallest absolute Gasteiger partial charge is 0.255 e. The molecule has 0 aromatic carbocycles. The van der Waals surface area contributed by atoms with Crippen molar-refractivity contribution >= 4 is 5.91 Å². The highest BCUT2D eigenvalue weighted by Gasteiger charge is 2.45. The van der Waals surface area contributed by atoms with E-state index < -0.39 is 0 Å². The molecule has 0 aliphatic carbocycles. The van der Waals surface area contributed by atoms with Gasteiger partial charge in [0.15, 0.2) is 5.82 Å². The summed E-state index contributed by atoms with van der Waals surface area (Å²) in [6.07, 6.45) is 5.68. The molecule has 2 aromatic heterocycles. The van der Waals surface area contributed by atoms with Crippen molar-refractivity contribution in [2.45, 2.75) is 50.7 Å². The summed E-state index contributed by atoms with van der Waals surface area (Å²) in [5.41, 5.74) is 0.658. The second kappa shape index (κ2) is 6.25. The lowest BCUT2D eigenvalue weighted by Crippen LogP contribution is -2.46. The molecule has 0 saturated carbocycles. The molecule has 2 aliphatic rings. The third kappa shape index (κ3) is 3.30. The van der Waals surface area contributed by atoms with Crippen LogP contribution in [0.3, 0.4) is 0 Å². The first kappa shape index (κ1) is 16.3. The Labute approximate surface area is 146 Å². The molecule has 1 atom stereocenters. The van der Waals surface area contributed by atoms with Gasteiger partial charge in [-0.05, 0) is 38.7 Å². The van der Waals surface area contributed by atoms with E-state index in [0.29, 0.717) is 18.1 Å². The van der Waals surface area contributed by atoms with Crippen LogP contribution in [0.15, 0.2) is 16.8 Å². The third-order valence-corrected chi connectivity index (χ3v) is 5.20. The Balaban J connectivity index is 1.33. The normalized spacial score (nSPS) is 22.6. The van der Waals surface area contributed by atoms with Gasteiger partial charge < -0.3 is 14.2 Å². The molecule has 1 amide bonds. The first-order valence-corrected chi connectivity index (χ1v) is 8.77. The first-order chi connectivity index (χ1) is 12.0. The summed E-state index contributed by atoms with van der Waals surface area (Å²) in [5.74, 6) is 1.34. The molecule has 0 unspecified atom stereocenters. The minimum atomic E-state index is -0.158. The summed E-state index contributed by atoms with van der Waals surface area (Å²) in [6, 6.07) is 1.89. The maximum absolute atomic E-state index is 12.5. The van der Waals surface area contributed by atoms with E-state index in [9.17, 15) is 4.79 Å². The number of likely N-dealkylation sites (tertiary alicyclic amines) is 1. The van der Waals surface area contributed by atoms with E-state index in [1.54, 1.807) is 4.68 Å². The molecule has 134 valence electrons. The SMILES string of the molecule is Cc1noc([C@@H]2CCC3(CCN(C(=O)Cc4ccn(C)n4)CC3)O2)n1. The highest BCUT2D eigenvalue weighted by molar-refractivity contribution is 5.78. The van der Waals surface area contributed by atoms with E-state index in [4.69, 9.17) is 9.26 Å². The van der Waals surface area contributed by atoms with Gasteiger partial charge in [0, 0.05) is 26.3 Å². The molecule has 2 aliphatic heterocycles. The average Bonchev–Trinajstić information content (AvgIpc) is 3.30. The maximum Gasteiger partial charge on any atom is 0.255 e. The van der Waals surface area contributed by atoms with Gasteiger partial charge in [-0.1, -0.05) is 5.16 Å². The number of ether oxygens (including phenoxy) is 1. The summed E-state index contributed by atoms with van der Waals surface area (Å²) in [4.78, 5) is 18.7. The number of rotatable bonds is 3. The lowest BCUT2D eigenvalue weighted by Gasteiger charge is -2.39. The minimum absolute atomic E-state index is 0.114. The Morgan fingerprint density at radius 1 is 1.36 bits per heavy atom. The predicted octanol–water partition coefficient (Wildman–Crippen LogP) is 1.57. The van der Waals surface area contributed by atoms with Crippen LogP contribution in [-0.2, 0) is 23.0 Å². The van der Waals surface area contributed by atoms with Crippen LogP contribution in [0.4, 0.5) is 0 Å². The number of hydrogen-bond acceptors (Lipinski definition) is 6. The van der Waals surface area contributed by atoms with Crippen molar-refractivity contribution < 1.29 is 14.1 Å². The summed E-state index contributed by atoms with van der Waals surface area (Å²) in [5, 5.41) is 8.13. The van der Waals surface area contributed by atoms with Crippen LogP contribution < -0.4 is 0 Å². The second-order valence-corrected chi connectivity index (χ2v) is 7.05. The number of hydrogen-bond donors (Lipinski definition) is 0. The van der Waals surface area contributed by atoms with Gasteiger partial charge in [0.25, 0.3) is 5.89 Å². The van der Waals surface area contributed by atoms with Gasteiger partial charge in [0.1, 0.15) is 6.10 Å². The van der Waals surface area contributed by atoms with Crippen LogP contribution in [0.1, 0.15) is 49.2 Å². The molecule has 25 heavy (non-hydrogen) atoms. The minimum Gasteiger partial charge on any atom is -0.362 e. The maximum atomic E-state index is 12.5. The Kier molecular flexibility index (Phi) is 4.07. The molecule has 4 rings (SSSR count). The van der Waals surface area contributed by atoms with Gasteiger partial charge in [-0.2, -0.15) is 10.1 Å². The summed E-state index contributed by atoms with van der Waals surface area (Å²) in [7, 11) is 1.86.